The van der Waals surface area contributed by atoms with E-state index in [-0.39, 0.29) is 11.3 Å². The zero-order valence-corrected chi connectivity index (χ0v) is 14.6. The monoisotopic (exact) mass is 346 g/mol. The molecule has 1 aliphatic rings. The summed E-state index contributed by atoms with van der Waals surface area (Å²) in [5.41, 5.74) is 0.854. The van der Waals surface area contributed by atoms with E-state index in [1.807, 2.05) is 4.90 Å². The second kappa shape index (κ2) is 6.85. The lowest BCUT2D eigenvalue weighted by atomic mass is 10.0. The average molecular weight is 346 g/mol. The van der Waals surface area contributed by atoms with Gasteiger partial charge in [0.15, 0.2) is 11.3 Å². The molecule has 0 unspecified atom stereocenters. The van der Waals surface area contributed by atoms with Crippen molar-refractivity contribution >= 4 is 22.8 Å². The van der Waals surface area contributed by atoms with Crippen molar-refractivity contribution in [3.8, 4) is 0 Å². The van der Waals surface area contributed by atoms with Crippen LogP contribution < -0.4 is 10.3 Å². The number of anilines is 1. The fraction of sp³-hybridized carbons (Fsp3) is 0.444. The van der Waals surface area contributed by atoms with Crippen molar-refractivity contribution in [2.75, 3.05) is 45.3 Å². The Morgan fingerprint density at radius 1 is 1.24 bits per heavy atom. The van der Waals surface area contributed by atoms with Gasteiger partial charge in [-0.05, 0) is 19.1 Å². The topological polar surface area (TPSA) is 83.2 Å². The van der Waals surface area contributed by atoms with E-state index in [0.29, 0.717) is 54.3 Å². The van der Waals surface area contributed by atoms with Crippen molar-refractivity contribution in [3.05, 3.63) is 39.5 Å². The predicted octanol–water partition coefficient (Wildman–Crippen LogP) is 1.38. The maximum absolute atomic E-state index is 12.6. The third-order valence-corrected chi connectivity index (χ3v) is 4.27. The van der Waals surface area contributed by atoms with Crippen molar-refractivity contribution in [1.29, 1.82) is 0 Å². The van der Waals surface area contributed by atoms with E-state index in [2.05, 4.69) is 0 Å². The summed E-state index contributed by atoms with van der Waals surface area (Å²) >= 11 is 0. The average Bonchev–Trinajstić information content (AvgIpc) is 2.60. The molecular formula is C18H22N2O5. The van der Waals surface area contributed by atoms with Gasteiger partial charge in [-0.3, -0.25) is 9.59 Å². The molecule has 7 heteroatoms. The van der Waals surface area contributed by atoms with Gasteiger partial charge in [-0.2, -0.15) is 0 Å². The fourth-order valence-electron chi connectivity index (χ4n) is 2.90. The van der Waals surface area contributed by atoms with Crippen LogP contribution in [0.15, 0.2) is 27.4 Å². The van der Waals surface area contributed by atoms with Gasteiger partial charge in [0.2, 0.25) is 0 Å². The van der Waals surface area contributed by atoms with Crippen molar-refractivity contribution in [3.63, 3.8) is 0 Å². The summed E-state index contributed by atoms with van der Waals surface area (Å²) in [5.74, 6) is 0.217. The highest BCUT2D eigenvalue weighted by molar-refractivity contribution is 5.98. The molecule has 2 heterocycles. The van der Waals surface area contributed by atoms with E-state index in [1.165, 1.54) is 17.0 Å². The highest BCUT2D eigenvalue weighted by atomic mass is 16.5. The number of benzene rings is 1. The number of nitrogens with zero attached hydrogens (tertiary/aromatic N) is 2. The number of rotatable bonds is 3. The van der Waals surface area contributed by atoms with E-state index in [1.54, 1.807) is 27.1 Å². The van der Waals surface area contributed by atoms with Crippen LogP contribution in [0.3, 0.4) is 0 Å². The molecule has 134 valence electrons. The summed E-state index contributed by atoms with van der Waals surface area (Å²) in [6, 6.07) is 4.54. The molecule has 3 rings (SSSR count). The molecule has 7 nitrogen and oxygen atoms in total. The van der Waals surface area contributed by atoms with Crippen LogP contribution in [0.25, 0.3) is 11.0 Å². The minimum atomic E-state index is -0.875. The van der Waals surface area contributed by atoms with E-state index < -0.39 is 6.10 Å². The smallest absolute Gasteiger partial charge is 0.253 e. The van der Waals surface area contributed by atoms with Gasteiger partial charge in [0, 0.05) is 44.4 Å². The first-order valence-corrected chi connectivity index (χ1v) is 8.22. The number of carbonyl (C=O) groups is 1. The first kappa shape index (κ1) is 17.4. The largest absolute Gasteiger partial charge is 0.440 e. The maximum atomic E-state index is 12.6. The number of hydrogen-bond donors (Lipinski definition) is 1. The van der Waals surface area contributed by atoms with Crippen molar-refractivity contribution in [2.45, 2.75) is 13.0 Å². The van der Waals surface area contributed by atoms with Crippen LogP contribution in [0.1, 0.15) is 28.9 Å². The van der Waals surface area contributed by atoms with Crippen LogP contribution >= 0.6 is 0 Å². The Bertz CT molecular complexity index is 850. The zero-order chi connectivity index (χ0) is 18.1. The van der Waals surface area contributed by atoms with E-state index >= 15 is 0 Å². The van der Waals surface area contributed by atoms with Gasteiger partial charge in [-0.25, -0.2) is 0 Å². The number of fused-ring (bicyclic) bond motifs is 1. The van der Waals surface area contributed by atoms with Crippen LogP contribution in [-0.4, -0.2) is 56.3 Å². The summed E-state index contributed by atoms with van der Waals surface area (Å²) in [5, 5.41) is 10.4. The lowest BCUT2D eigenvalue weighted by Gasteiger charge is -2.27. The van der Waals surface area contributed by atoms with Gasteiger partial charge in [0.1, 0.15) is 5.58 Å². The minimum absolute atomic E-state index is 0.236. The van der Waals surface area contributed by atoms with Gasteiger partial charge in [-0.15, -0.1) is 0 Å². The Morgan fingerprint density at radius 3 is 2.52 bits per heavy atom. The lowest BCUT2D eigenvalue weighted by molar-refractivity contribution is 0.0827. The molecule has 1 aromatic carbocycles. The summed E-state index contributed by atoms with van der Waals surface area (Å²) in [4.78, 5) is 28.3. The van der Waals surface area contributed by atoms with E-state index in [9.17, 15) is 14.7 Å². The van der Waals surface area contributed by atoms with Gasteiger partial charge >= 0.3 is 0 Å². The lowest BCUT2D eigenvalue weighted by Crippen LogP contribution is -2.36. The molecule has 25 heavy (non-hydrogen) atoms. The second-order valence-electron chi connectivity index (χ2n) is 6.37. The summed E-state index contributed by atoms with van der Waals surface area (Å²) in [6.07, 6.45) is -0.875. The molecule has 0 bridgehead atoms. The maximum Gasteiger partial charge on any atom is 0.253 e. The molecule has 1 saturated heterocycles. The van der Waals surface area contributed by atoms with Crippen molar-refractivity contribution < 1.29 is 19.1 Å². The SMILES string of the molecule is C[C@H](O)c1cc(C(=O)N(C)C)cc2c(=O)cc(N3CCOCC3)oc12. The molecule has 1 atom stereocenters. The third-order valence-electron chi connectivity index (χ3n) is 4.27. The highest BCUT2D eigenvalue weighted by Gasteiger charge is 2.21. The molecule has 0 aliphatic carbocycles. The first-order valence-electron chi connectivity index (χ1n) is 8.22. The minimum Gasteiger partial charge on any atom is -0.440 e. The van der Waals surface area contributed by atoms with Crippen LogP contribution in [0.2, 0.25) is 0 Å². The van der Waals surface area contributed by atoms with Gasteiger partial charge in [0.25, 0.3) is 5.91 Å². The quantitative estimate of drug-likeness (QED) is 0.904. The molecule has 1 N–H and O–H groups in total. The Labute approximate surface area is 145 Å². The fourth-order valence-corrected chi connectivity index (χ4v) is 2.90. The summed E-state index contributed by atoms with van der Waals surface area (Å²) < 4.78 is 11.3. The summed E-state index contributed by atoms with van der Waals surface area (Å²) in [7, 11) is 3.27. The van der Waals surface area contributed by atoms with Gasteiger partial charge in [0.05, 0.1) is 24.7 Å². The standard InChI is InChI=1S/C18H22N2O5/c1-11(21)13-8-12(18(23)19(2)3)9-14-15(22)10-16(25-17(13)14)20-4-6-24-7-5-20/h8-11,21H,4-7H2,1-3H3/t11-/m0/s1. The number of ether oxygens (including phenoxy) is 1. The van der Waals surface area contributed by atoms with Crippen LogP contribution in [0.5, 0.6) is 0 Å². The second-order valence-corrected chi connectivity index (χ2v) is 6.37. The van der Waals surface area contributed by atoms with E-state index in [4.69, 9.17) is 9.15 Å². The number of amides is 1. The Kier molecular flexibility index (Phi) is 4.78. The van der Waals surface area contributed by atoms with Gasteiger partial charge < -0.3 is 24.1 Å². The third kappa shape index (κ3) is 3.38. The van der Waals surface area contributed by atoms with Crippen LogP contribution in [0, 0.1) is 0 Å². The number of aliphatic hydroxyl groups excluding tert-OH is 1. The highest BCUT2D eigenvalue weighted by Crippen LogP contribution is 2.28. The predicted molar refractivity (Wildman–Crippen MR) is 94.2 cm³/mol. The molecule has 0 saturated carbocycles. The Balaban J connectivity index is 2.19. The molecular weight excluding hydrogens is 324 g/mol. The van der Waals surface area contributed by atoms with Gasteiger partial charge in [-0.1, -0.05) is 0 Å². The zero-order valence-electron chi connectivity index (χ0n) is 14.6. The number of morpholine rings is 1. The Hall–Kier alpha value is -2.38. The normalized spacial score (nSPS) is 16.1. The molecule has 1 aliphatic heterocycles. The number of carbonyl (C=O) groups excluding carboxylic acids is 1. The molecule has 2 aromatic rings. The van der Waals surface area contributed by atoms with Crippen LogP contribution in [-0.2, 0) is 4.74 Å². The first-order chi connectivity index (χ1) is 11.9. The van der Waals surface area contributed by atoms with Crippen molar-refractivity contribution in [1.82, 2.24) is 4.90 Å². The Morgan fingerprint density at radius 2 is 1.92 bits per heavy atom. The van der Waals surface area contributed by atoms with Crippen LogP contribution in [0.4, 0.5) is 5.88 Å². The molecule has 1 fully saturated rings. The molecule has 1 amide bonds. The molecule has 0 spiro atoms. The molecule has 1 aromatic heterocycles. The van der Waals surface area contributed by atoms with Crippen molar-refractivity contribution in [2.24, 2.45) is 0 Å². The summed E-state index contributed by atoms with van der Waals surface area (Å²) in [6.45, 7) is 3.99. The number of hydrogen-bond acceptors (Lipinski definition) is 6. The molecule has 0 radical (unpaired) electrons. The number of aliphatic hydroxyl groups is 1. The van der Waals surface area contributed by atoms with E-state index in [0.717, 1.165) is 0 Å².